The number of alkyl halides is 3. The van der Waals surface area contributed by atoms with Crippen LogP contribution in [0.5, 0.6) is 0 Å². The second-order valence-corrected chi connectivity index (χ2v) is 3.65. The highest BCUT2D eigenvalue weighted by atomic mass is 19.4. The second kappa shape index (κ2) is 6.95. The van der Waals surface area contributed by atoms with Crippen LogP contribution in [0.2, 0.25) is 0 Å². The summed E-state index contributed by atoms with van der Waals surface area (Å²) < 4.78 is 35.4. The lowest BCUT2D eigenvalue weighted by Gasteiger charge is -2.08. The molecule has 0 atom stereocenters. The van der Waals surface area contributed by atoms with E-state index in [-0.39, 0.29) is 6.54 Å². The topological polar surface area (TPSA) is 54.0 Å². The van der Waals surface area contributed by atoms with Gasteiger partial charge in [-0.25, -0.2) is 0 Å². The number of pyridine rings is 1. The van der Waals surface area contributed by atoms with E-state index < -0.39 is 12.1 Å². The van der Waals surface area contributed by atoms with Crippen LogP contribution in [-0.2, 0) is 11.3 Å². The molecule has 1 rings (SSSR count). The molecule has 7 heteroatoms. The van der Waals surface area contributed by atoms with Gasteiger partial charge in [-0.3, -0.25) is 9.78 Å². The van der Waals surface area contributed by atoms with Gasteiger partial charge in [-0.05, 0) is 24.6 Å². The summed E-state index contributed by atoms with van der Waals surface area (Å²) in [6.07, 6.45) is -1.00. The normalized spacial score (nSPS) is 11.3. The van der Waals surface area contributed by atoms with Gasteiger partial charge in [0.2, 0.25) is 0 Å². The third kappa shape index (κ3) is 5.62. The Bertz CT molecular complexity index is 368. The second-order valence-electron chi connectivity index (χ2n) is 3.65. The highest BCUT2D eigenvalue weighted by Gasteiger charge is 2.38. The van der Waals surface area contributed by atoms with Crippen molar-refractivity contribution in [1.29, 1.82) is 0 Å². The summed E-state index contributed by atoms with van der Waals surface area (Å²) in [4.78, 5) is 14.4. The SMILES string of the molecule is O=C(NCCCNCc1cccnc1)C(F)(F)F. The van der Waals surface area contributed by atoms with E-state index in [2.05, 4.69) is 10.3 Å². The van der Waals surface area contributed by atoms with E-state index in [9.17, 15) is 18.0 Å². The highest BCUT2D eigenvalue weighted by Crippen LogP contribution is 2.13. The summed E-state index contributed by atoms with van der Waals surface area (Å²) in [6, 6.07) is 3.70. The van der Waals surface area contributed by atoms with Crippen LogP contribution in [0.4, 0.5) is 13.2 Å². The van der Waals surface area contributed by atoms with Gasteiger partial charge in [0, 0.05) is 25.5 Å². The third-order valence-corrected chi connectivity index (χ3v) is 2.13. The lowest BCUT2D eigenvalue weighted by molar-refractivity contribution is -0.173. The largest absolute Gasteiger partial charge is 0.471 e. The molecule has 0 spiro atoms. The van der Waals surface area contributed by atoms with Gasteiger partial charge in [0.05, 0.1) is 0 Å². The Morgan fingerprint density at radius 1 is 1.33 bits per heavy atom. The smallest absolute Gasteiger partial charge is 0.348 e. The Morgan fingerprint density at radius 2 is 2.11 bits per heavy atom. The van der Waals surface area contributed by atoms with E-state index in [0.29, 0.717) is 19.5 Å². The van der Waals surface area contributed by atoms with Crippen LogP contribution >= 0.6 is 0 Å². The number of nitrogens with one attached hydrogen (secondary N) is 2. The van der Waals surface area contributed by atoms with Crippen molar-refractivity contribution in [2.75, 3.05) is 13.1 Å². The van der Waals surface area contributed by atoms with Crippen molar-refractivity contribution >= 4 is 5.91 Å². The maximum absolute atomic E-state index is 11.8. The number of nitrogens with zero attached hydrogens (tertiary/aromatic N) is 1. The minimum atomic E-state index is -4.80. The number of rotatable bonds is 6. The van der Waals surface area contributed by atoms with Crippen LogP contribution in [0, 0.1) is 0 Å². The molecule has 1 aromatic rings. The van der Waals surface area contributed by atoms with Gasteiger partial charge in [-0.1, -0.05) is 6.07 Å². The first-order valence-electron chi connectivity index (χ1n) is 5.45. The van der Waals surface area contributed by atoms with Crippen molar-refractivity contribution in [2.24, 2.45) is 0 Å². The van der Waals surface area contributed by atoms with Crippen LogP contribution < -0.4 is 10.6 Å². The zero-order valence-electron chi connectivity index (χ0n) is 9.63. The minimum Gasteiger partial charge on any atom is -0.348 e. The Hall–Kier alpha value is -1.63. The average molecular weight is 261 g/mol. The monoisotopic (exact) mass is 261 g/mol. The molecule has 0 bridgehead atoms. The number of halogens is 3. The lowest BCUT2D eigenvalue weighted by atomic mass is 10.3. The molecule has 0 aliphatic carbocycles. The lowest BCUT2D eigenvalue weighted by Crippen LogP contribution is -2.37. The van der Waals surface area contributed by atoms with Crippen molar-refractivity contribution in [2.45, 2.75) is 19.1 Å². The number of carbonyl (C=O) groups excluding carboxylic acids is 1. The number of amides is 1. The van der Waals surface area contributed by atoms with Crippen molar-refractivity contribution in [1.82, 2.24) is 15.6 Å². The van der Waals surface area contributed by atoms with Crippen molar-refractivity contribution < 1.29 is 18.0 Å². The Labute approximate surface area is 103 Å². The zero-order chi connectivity index (χ0) is 13.4. The van der Waals surface area contributed by atoms with E-state index in [1.54, 1.807) is 23.8 Å². The zero-order valence-corrected chi connectivity index (χ0v) is 9.63. The standard InChI is InChI=1S/C11H14F3N3O/c12-11(13,14)10(18)17-6-2-5-16-8-9-3-1-4-15-7-9/h1,3-4,7,16H,2,5-6,8H2,(H,17,18). The van der Waals surface area contributed by atoms with Gasteiger partial charge in [-0.2, -0.15) is 13.2 Å². The predicted octanol–water partition coefficient (Wildman–Crippen LogP) is 1.24. The molecular formula is C11H14F3N3O. The first-order valence-corrected chi connectivity index (χ1v) is 5.45. The fourth-order valence-electron chi connectivity index (χ4n) is 1.25. The number of carbonyl (C=O) groups is 1. The Balaban J connectivity index is 2.05. The maximum Gasteiger partial charge on any atom is 0.471 e. The molecule has 2 N–H and O–H groups in total. The molecule has 1 heterocycles. The molecule has 0 aromatic carbocycles. The molecule has 0 saturated carbocycles. The number of hydrogen-bond acceptors (Lipinski definition) is 3. The Morgan fingerprint density at radius 3 is 2.72 bits per heavy atom. The Kier molecular flexibility index (Phi) is 5.57. The molecular weight excluding hydrogens is 247 g/mol. The maximum atomic E-state index is 11.8. The van der Waals surface area contributed by atoms with Gasteiger partial charge >= 0.3 is 12.1 Å². The van der Waals surface area contributed by atoms with E-state index in [4.69, 9.17) is 0 Å². The van der Waals surface area contributed by atoms with E-state index in [1.807, 2.05) is 6.07 Å². The van der Waals surface area contributed by atoms with Gasteiger partial charge in [-0.15, -0.1) is 0 Å². The molecule has 1 amide bonds. The summed E-state index contributed by atoms with van der Waals surface area (Å²) in [6.45, 7) is 1.12. The van der Waals surface area contributed by atoms with Gasteiger partial charge in [0.1, 0.15) is 0 Å². The highest BCUT2D eigenvalue weighted by molar-refractivity contribution is 5.81. The fourth-order valence-corrected chi connectivity index (χ4v) is 1.25. The molecule has 0 fully saturated rings. The van der Waals surface area contributed by atoms with Crippen LogP contribution in [0.1, 0.15) is 12.0 Å². The van der Waals surface area contributed by atoms with E-state index in [0.717, 1.165) is 5.56 Å². The molecule has 1 aromatic heterocycles. The first kappa shape index (κ1) is 14.4. The van der Waals surface area contributed by atoms with Crippen LogP contribution in [0.3, 0.4) is 0 Å². The summed E-state index contributed by atoms with van der Waals surface area (Å²) in [7, 11) is 0. The van der Waals surface area contributed by atoms with Crippen LogP contribution in [0.25, 0.3) is 0 Å². The van der Waals surface area contributed by atoms with Gasteiger partial charge in [0.15, 0.2) is 0 Å². The summed E-state index contributed by atoms with van der Waals surface area (Å²) in [5.74, 6) is -1.89. The molecule has 100 valence electrons. The molecule has 4 nitrogen and oxygen atoms in total. The van der Waals surface area contributed by atoms with Crippen LogP contribution in [-0.4, -0.2) is 30.2 Å². The number of aromatic nitrogens is 1. The van der Waals surface area contributed by atoms with Gasteiger partial charge < -0.3 is 10.6 Å². The predicted molar refractivity (Wildman–Crippen MR) is 59.6 cm³/mol. The molecule has 0 radical (unpaired) electrons. The molecule has 0 aliphatic rings. The van der Waals surface area contributed by atoms with E-state index in [1.165, 1.54) is 0 Å². The fraction of sp³-hybridized carbons (Fsp3) is 0.455. The van der Waals surface area contributed by atoms with Crippen molar-refractivity contribution in [3.8, 4) is 0 Å². The van der Waals surface area contributed by atoms with E-state index >= 15 is 0 Å². The van der Waals surface area contributed by atoms with Crippen molar-refractivity contribution in [3.63, 3.8) is 0 Å². The molecule has 0 saturated heterocycles. The van der Waals surface area contributed by atoms with Crippen LogP contribution in [0.15, 0.2) is 24.5 Å². The average Bonchev–Trinajstić information content (AvgIpc) is 2.33. The molecule has 0 unspecified atom stereocenters. The number of hydrogen-bond donors (Lipinski definition) is 2. The summed E-state index contributed by atoms with van der Waals surface area (Å²) >= 11 is 0. The molecule has 0 aliphatic heterocycles. The summed E-state index contributed by atoms with van der Waals surface area (Å²) in [5, 5.41) is 4.85. The van der Waals surface area contributed by atoms with Crippen molar-refractivity contribution in [3.05, 3.63) is 30.1 Å². The third-order valence-electron chi connectivity index (χ3n) is 2.13. The molecule has 18 heavy (non-hydrogen) atoms. The first-order chi connectivity index (χ1) is 8.50. The minimum absolute atomic E-state index is 0.00160. The quantitative estimate of drug-likeness (QED) is 0.757. The summed E-state index contributed by atoms with van der Waals surface area (Å²) in [5.41, 5.74) is 0.997. The van der Waals surface area contributed by atoms with Gasteiger partial charge in [0.25, 0.3) is 0 Å².